The third kappa shape index (κ3) is 3.41. The molecule has 0 aliphatic carbocycles. The van der Waals surface area contributed by atoms with Crippen LogP contribution in [0.1, 0.15) is 5.56 Å². The van der Waals surface area contributed by atoms with Gasteiger partial charge in [0.1, 0.15) is 0 Å². The molecule has 0 aliphatic heterocycles. The zero-order valence-corrected chi connectivity index (χ0v) is 11.0. The molecule has 2 nitrogen and oxygen atoms in total. The van der Waals surface area contributed by atoms with Crippen molar-refractivity contribution in [2.75, 3.05) is 13.7 Å². The van der Waals surface area contributed by atoms with E-state index in [9.17, 15) is 0 Å². The summed E-state index contributed by atoms with van der Waals surface area (Å²) in [6.45, 7) is 0.613. The van der Waals surface area contributed by atoms with Crippen LogP contribution in [0, 0.1) is 0 Å². The van der Waals surface area contributed by atoms with Crippen molar-refractivity contribution in [3.05, 3.63) is 59.1 Å². The van der Waals surface area contributed by atoms with E-state index in [1.807, 2.05) is 48.5 Å². The first-order valence-electron chi connectivity index (χ1n) is 5.80. The van der Waals surface area contributed by atoms with Gasteiger partial charge in [-0.05, 0) is 29.8 Å². The Hall–Kier alpha value is -1.67. The van der Waals surface area contributed by atoms with Gasteiger partial charge < -0.3 is 9.47 Å². The number of para-hydroxylation sites is 2. The van der Waals surface area contributed by atoms with Crippen LogP contribution >= 0.6 is 11.6 Å². The zero-order valence-electron chi connectivity index (χ0n) is 10.2. The lowest BCUT2D eigenvalue weighted by Gasteiger charge is -2.10. The summed E-state index contributed by atoms with van der Waals surface area (Å²) in [5.74, 6) is 1.53. The van der Waals surface area contributed by atoms with E-state index < -0.39 is 0 Å². The number of benzene rings is 2. The van der Waals surface area contributed by atoms with Crippen LogP contribution in [0.25, 0.3) is 0 Å². The Morgan fingerprint density at radius 3 is 2.28 bits per heavy atom. The van der Waals surface area contributed by atoms with Crippen molar-refractivity contribution in [3.63, 3.8) is 0 Å². The fourth-order valence-corrected chi connectivity index (χ4v) is 1.79. The van der Waals surface area contributed by atoms with E-state index in [-0.39, 0.29) is 0 Å². The van der Waals surface area contributed by atoms with Gasteiger partial charge in [0, 0.05) is 11.4 Å². The normalized spacial score (nSPS) is 10.1. The molecule has 0 saturated carbocycles. The topological polar surface area (TPSA) is 18.5 Å². The Morgan fingerprint density at radius 2 is 1.61 bits per heavy atom. The van der Waals surface area contributed by atoms with Gasteiger partial charge in [0.05, 0.1) is 13.7 Å². The maximum absolute atomic E-state index is 5.83. The lowest BCUT2D eigenvalue weighted by molar-refractivity contribution is 0.297. The van der Waals surface area contributed by atoms with Gasteiger partial charge in [-0.1, -0.05) is 35.9 Å². The Balaban J connectivity index is 1.90. The quantitative estimate of drug-likeness (QED) is 0.812. The molecule has 2 aromatic rings. The molecular formula is C15H15ClO2. The fraction of sp³-hybridized carbons (Fsp3) is 0.200. The van der Waals surface area contributed by atoms with Crippen molar-refractivity contribution >= 4 is 11.6 Å². The molecule has 0 atom stereocenters. The molecule has 0 N–H and O–H groups in total. The summed E-state index contributed by atoms with van der Waals surface area (Å²) in [5, 5.41) is 0.754. The molecule has 0 heterocycles. The molecule has 0 bridgehead atoms. The van der Waals surface area contributed by atoms with Gasteiger partial charge in [0.25, 0.3) is 0 Å². The van der Waals surface area contributed by atoms with Crippen LogP contribution in [-0.2, 0) is 6.42 Å². The van der Waals surface area contributed by atoms with Gasteiger partial charge in [0.15, 0.2) is 11.5 Å². The molecule has 2 aromatic carbocycles. The van der Waals surface area contributed by atoms with E-state index in [0.717, 1.165) is 22.9 Å². The van der Waals surface area contributed by atoms with E-state index in [1.54, 1.807) is 7.11 Å². The largest absolute Gasteiger partial charge is 0.493 e. The first-order valence-corrected chi connectivity index (χ1v) is 6.17. The van der Waals surface area contributed by atoms with Gasteiger partial charge in [-0.3, -0.25) is 0 Å². The van der Waals surface area contributed by atoms with Crippen molar-refractivity contribution in [2.24, 2.45) is 0 Å². The summed E-state index contributed by atoms with van der Waals surface area (Å²) >= 11 is 5.83. The molecule has 0 unspecified atom stereocenters. The molecule has 0 fully saturated rings. The second-order valence-corrected chi connectivity index (χ2v) is 4.31. The highest BCUT2D eigenvalue weighted by atomic mass is 35.5. The van der Waals surface area contributed by atoms with Crippen LogP contribution in [0.2, 0.25) is 5.02 Å². The Morgan fingerprint density at radius 1 is 0.944 bits per heavy atom. The molecule has 0 radical (unpaired) electrons. The van der Waals surface area contributed by atoms with Crippen LogP contribution in [0.4, 0.5) is 0 Å². The van der Waals surface area contributed by atoms with Crippen LogP contribution < -0.4 is 9.47 Å². The molecule has 0 saturated heterocycles. The van der Waals surface area contributed by atoms with E-state index in [2.05, 4.69) is 0 Å². The highest BCUT2D eigenvalue weighted by Crippen LogP contribution is 2.25. The molecule has 0 amide bonds. The van der Waals surface area contributed by atoms with Crippen LogP contribution in [0.3, 0.4) is 0 Å². The van der Waals surface area contributed by atoms with Crippen molar-refractivity contribution in [1.82, 2.24) is 0 Å². The van der Waals surface area contributed by atoms with Crippen molar-refractivity contribution in [3.8, 4) is 11.5 Å². The maximum Gasteiger partial charge on any atom is 0.161 e. The lowest BCUT2D eigenvalue weighted by Crippen LogP contribution is -2.02. The van der Waals surface area contributed by atoms with Gasteiger partial charge >= 0.3 is 0 Å². The highest BCUT2D eigenvalue weighted by molar-refractivity contribution is 6.30. The standard InChI is InChI=1S/C15H15ClO2/c1-17-14-4-2-3-5-15(14)18-11-10-12-6-8-13(16)9-7-12/h2-9H,10-11H2,1H3. The number of ether oxygens (including phenoxy) is 2. The zero-order chi connectivity index (χ0) is 12.8. The predicted octanol–water partition coefficient (Wildman–Crippen LogP) is 3.97. The van der Waals surface area contributed by atoms with Gasteiger partial charge in [0.2, 0.25) is 0 Å². The summed E-state index contributed by atoms with van der Waals surface area (Å²) in [4.78, 5) is 0. The molecule has 2 rings (SSSR count). The highest BCUT2D eigenvalue weighted by Gasteiger charge is 2.02. The SMILES string of the molecule is COc1ccccc1OCCc1ccc(Cl)cc1. The summed E-state index contributed by atoms with van der Waals surface area (Å²) in [6, 6.07) is 15.4. The molecular weight excluding hydrogens is 248 g/mol. The predicted molar refractivity (Wildman–Crippen MR) is 73.6 cm³/mol. The lowest BCUT2D eigenvalue weighted by atomic mass is 10.2. The Kier molecular flexibility index (Phi) is 4.48. The second-order valence-electron chi connectivity index (χ2n) is 3.88. The molecule has 0 spiro atoms. The average molecular weight is 263 g/mol. The number of halogens is 1. The summed E-state index contributed by atoms with van der Waals surface area (Å²) in [7, 11) is 1.64. The number of hydrogen-bond acceptors (Lipinski definition) is 2. The number of hydrogen-bond donors (Lipinski definition) is 0. The van der Waals surface area contributed by atoms with Crippen molar-refractivity contribution < 1.29 is 9.47 Å². The van der Waals surface area contributed by atoms with E-state index in [0.29, 0.717) is 6.61 Å². The van der Waals surface area contributed by atoms with Crippen LogP contribution in [0.15, 0.2) is 48.5 Å². The smallest absolute Gasteiger partial charge is 0.161 e. The minimum Gasteiger partial charge on any atom is -0.493 e. The third-order valence-electron chi connectivity index (χ3n) is 2.63. The average Bonchev–Trinajstić information content (AvgIpc) is 2.41. The first kappa shape index (κ1) is 12.8. The van der Waals surface area contributed by atoms with Crippen LogP contribution in [-0.4, -0.2) is 13.7 Å². The monoisotopic (exact) mass is 262 g/mol. The second kappa shape index (κ2) is 6.31. The molecule has 94 valence electrons. The van der Waals surface area contributed by atoms with E-state index in [1.165, 1.54) is 5.56 Å². The van der Waals surface area contributed by atoms with Crippen molar-refractivity contribution in [2.45, 2.75) is 6.42 Å². The molecule has 0 aliphatic rings. The molecule has 18 heavy (non-hydrogen) atoms. The number of methoxy groups -OCH3 is 1. The van der Waals surface area contributed by atoms with Crippen molar-refractivity contribution in [1.29, 1.82) is 0 Å². The minimum atomic E-state index is 0.613. The third-order valence-corrected chi connectivity index (χ3v) is 2.88. The first-order chi connectivity index (χ1) is 8.79. The summed E-state index contributed by atoms with van der Waals surface area (Å²) < 4.78 is 10.9. The summed E-state index contributed by atoms with van der Waals surface area (Å²) in [6.07, 6.45) is 0.842. The Bertz CT molecular complexity index is 494. The molecule has 3 heteroatoms. The Labute approximate surface area is 112 Å². The minimum absolute atomic E-state index is 0.613. The summed E-state index contributed by atoms with van der Waals surface area (Å²) in [5.41, 5.74) is 1.20. The fourth-order valence-electron chi connectivity index (χ4n) is 1.67. The van der Waals surface area contributed by atoms with Crippen LogP contribution in [0.5, 0.6) is 11.5 Å². The van der Waals surface area contributed by atoms with E-state index in [4.69, 9.17) is 21.1 Å². The molecule has 0 aromatic heterocycles. The number of rotatable bonds is 5. The maximum atomic E-state index is 5.83. The van der Waals surface area contributed by atoms with Gasteiger partial charge in [-0.2, -0.15) is 0 Å². The van der Waals surface area contributed by atoms with Gasteiger partial charge in [-0.15, -0.1) is 0 Å². The van der Waals surface area contributed by atoms with E-state index >= 15 is 0 Å². The van der Waals surface area contributed by atoms with Gasteiger partial charge in [-0.25, -0.2) is 0 Å².